The van der Waals surface area contributed by atoms with Crippen LogP contribution in [0, 0.1) is 0 Å². The number of para-hydroxylation sites is 1. The van der Waals surface area contributed by atoms with Crippen LogP contribution in [0.2, 0.25) is 0 Å². The monoisotopic (exact) mass is 271 g/mol. The number of nitrogens with zero attached hydrogens (tertiary/aromatic N) is 2. The van der Waals surface area contributed by atoms with Gasteiger partial charge >= 0.3 is 0 Å². The van der Waals surface area contributed by atoms with Crippen LogP contribution in [0.1, 0.15) is 24.5 Å². The van der Waals surface area contributed by atoms with Gasteiger partial charge in [0.15, 0.2) is 0 Å². The lowest BCUT2D eigenvalue weighted by atomic mass is 10.1. The average Bonchev–Trinajstić information content (AvgIpc) is 2.66. The molecule has 108 valence electrons. The molecule has 1 fully saturated rings. The smallest absolute Gasteiger partial charge is 0.0513 e. The molecule has 1 N–H and O–H groups in total. The average molecular weight is 271 g/mol. The molecule has 3 heteroatoms. The van der Waals surface area contributed by atoms with Gasteiger partial charge in [-0.05, 0) is 37.1 Å². The molecule has 0 radical (unpaired) electrons. The summed E-state index contributed by atoms with van der Waals surface area (Å²) in [7, 11) is 2.18. The van der Waals surface area contributed by atoms with E-state index in [-0.39, 0.29) is 0 Å². The van der Waals surface area contributed by atoms with E-state index in [9.17, 15) is 0 Å². The zero-order valence-electron chi connectivity index (χ0n) is 12.7. The maximum atomic E-state index is 3.48. The second-order valence-corrected chi connectivity index (χ2v) is 5.81. The van der Waals surface area contributed by atoms with Crippen molar-refractivity contribution >= 4 is 10.9 Å². The van der Waals surface area contributed by atoms with Crippen molar-refractivity contribution < 1.29 is 0 Å². The van der Waals surface area contributed by atoms with Gasteiger partial charge in [-0.1, -0.05) is 25.1 Å². The third-order valence-corrected chi connectivity index (χ3v) is 4.38. The van der Waals surface area contributed by atoms with Crippen LogP contribution in [0.25, 0.3) is 10.9 Å². The molecule has 0 saturated carbocycles. The van der Waals surface area contributed by atoms with Crippen molar-refractivity contribution in [3.63, 3.8) is 0 Å². The molecule has 1 saturated heterocycles. The van der Waals surface area contributed by atoms with Crippen molar-refractivity contribution in [2.45, 2.75) is 26.3 Å². The normalized spacial score (nSPS) is 17.5. The Balaban J connectivity index is 1.91. The number of fused-ring (bicyclic) bond motifs is 1. The van der Waals surface area contributed by atoms with E-state index in [1.807, 2.05) is 0 Å². The predicted molar refractivity (Wildman–Crippen MR) is 85.1 cm³/mol. The molecule has 0 unspecified atom stereocenters. The van der Waals surface area contributed by atoms with Gasteiger partial charge in [-0.25, -0.2) is 0 Å². The van der Waals surface area contributed by atoms with Crippen LogP contribution in [-0.2, 0) is 20.0 Å². The van der Waals surface area contributed by atoms with Crippen LogP contribution in [-0.4, -0.2) is 35.6 Å². The lowest BCUT2D eigenvalue weighted by Crippen LogP contribution is -2.27. The van der Waals surface area contributed by atoms with E-state index in [0.29, 0.717) is 0 Å². The van der Waals surface area contributed by atoms with Gasteiger partial charge in [-0.3, -0.25) is 4.90 Å². The first kappa shape index (κ1) is 13.7. The van der Waals surface area contributed by atoms with Crippen LogP contribution in [0.3, 0.4) is 0 Å². The highest BCUT2D eigenvalue weighted by molar-refractivity contribution is 5.86. The first-order chi connectivity index (χ1) is 9.79. The largest absolute Gasteiger partial charge is 0.350 e. The summed E-state index contributed by atoms with van der Waals surface area (Å²) in [6, 6.07) is 6.73. The summed E-state index contributed by atoms with van der Waals surface area (Å²) >= 11 is 0. The van der Waals surface area contributed by atoms with Gasteiger partial charge in [-0.2, -0.15) is 0 Å². The quantitative estimate of drug-likeness (QED) is 0.926. The van der Waals surface area contributed by atoms with Gasteiger partial charge in [0.2, 0.25) is 0 Å². The van der Waals surface area contributed by atoms with Crippen LogP contribution in [0.5, 0.6) is 0 Å². The minimum absolute atomic E-state index is 1.08. The molecule has 2 heterocycles. The summed E-state index contributed by atoms with van der Waals surface area (Å²) in [5, 5.41) is 4.91. The van der Waals surface area contributed by atoms with Crippen LogP contribution < -0.4 is 5.32 Å². The Morgan fingerprint density at radius 2 is 2.05 bits per heavy atom. The lowest BCUT2D eigenvalue weighted by molar-refractivity contribution is 0.285. The number of aryl methyl sites for hydroxylation is 2. The fraction of sp³-hybridized carbons (Fsp3) is 0.529. The molecule has 3 nitrogen and oxygen atoms in total. The molecule has 0 aliphatic carbocycles. The molecule has 2 aromatic rings. The summed E-state index contributed by atoms with van der Waals surface area (Å²) in [6.07, 6.45) is 4.68. The van der Waals surface area contributed by atoms with Crippen LogP contribution in [0.4, 0.5) is 0 Å². The lowest BCUT2D eigenvalue weighted by Gasteiger charge is -2.18. The zero-order chi connectivity index (χ0) is 13.9. The Kier molecular flexibility index (Phi) is 4.08. The molecular weight excluding hydrogens is 246 g/mol. The Morgan fingerprint density at radius 3 is 2.90 bits per heavy atom. The SMILES string of the molecule is CCc1cccc2c(CN3CCCNCC3)cn(C)c12. The molecule has 1 aromatic heterocycles. The first-order valence-electron chi connectivity index (χ1n) is 7.78. The van der Waals surface area contributed by atoms with Gasteiger partial charge in [0.1, 0.15) is 0 Å². The minimum atomic E-state index is 1.08. The fourth-order valence-electron chi connectivity index (χ4n) is 3.35. The summed E-state index contributed by atoms with van der Waals surface area (Å²) in [5.41, 5.74) is 4.34. The van der Waals surface area contributed by atoms with Crippen molar-refractivity contribution in [3.05, 3.63) is 35.5 Å². The highest BCUT2D eigenvalue weighted by Gasteiger charge is 2.14. The molecule has 20 heavy (non-hydrogen) atoms. The third kappa shape index (κ3) is 2.60. The van der Waals surface area contributed by atoms with Gasteiger partial charge in [-0.15, -0.1) is 0 Å². The molecule has 1 aliphatic heterocycles. The molecule has 1 aliphatic rings. The Hall–Kier alpha value is -1.32. The van der Waals surface area contributed by atoms with Crippen LogP contribution in [0.15, 0.2) is 24.4 Å². The number of nitrogens with one attached hydrogen (secondary N) is 1. The van der Waals surface area contributed by atoms with E-state index in [1.165, 1.54) is 35.0 Å². The molecular formula is C17H25N3. The Labute approximate surface area is 121 Å². The number of hydrogen-bond acceptors (Lipinski definition) is 2. The molecule has 0 spiro atoms. The Morgan fingerprint density at radius 1 is 1.15 bits per heavy atom. The summed E-state index contributed by atoms with van der Waals surface area (Å²) in [5.74, 6) is 0. The topological polar surface area (TPSA) is 20.2 Å². The molecule has 0 atom stereocenters. The molecule has 1 aromatic carbocycles. The van der Waals surface area contributed by atoms with Gasteiger partial charge in [0.05, 0.1) is 5.52 Å². The number of rotatable bonds is 3. The molecule has 0 bridgehead atoms. The van der Waals surface area contributed by atoms with E-state index in [4.69, 9.17) is 0 Å². The van der Waals surface area contributed by atoms with E-state index in [2.05, 4.69) is 53.2 Å². The minimum Gasteiger partial charge on any atom is -0.350 e. The molecule has 3 rings (SSSR count). The van der Waals surface area contributed by atoms with Gasteiger partial charge in [0, 0.05) is 38.3 Å². The van der Waals surface area contributed by atoms with Crippen LogP contribution >= 0.6 is 0 Å². The molecule has 0 amide bonds. The van der Waals surface area contributed by atoms with Gasteiger partial charge in [0.25, 0.3) is 0 Å². The summed E-state index contributed by atoms with van der Waals surface area (Å²) < 4.78 is 2.31. The fourth-order valence-corrected chi connectivity index (χ4v) is 3.35. The van der Waals surface area contributed by atoms with E-state index < -0.39 is 0 Å². The number of hydrogen-bond donors (Lipinski definition) is 1. The van der Waals surface area contributed by atoms with Crippen molar-refractivity contribution in [1.29, 1.82) is 0 Å². The second-order valence-electron chi connectivity index (χ2n) is 5.81. The van der Waals surface area contributed by atoms with E-state index >= 15 is 0 Å². The van der Waals surface area contributed by atoms with E-state index in [0.717, 1.165) is 32.6 Å². The number of benzene rings is 1. The second kappa shape index (κ2) is 5.98. The van der Waals surface area contributed by atoms with Crippen molar-refractivity contribution in [1.82, 2.24) is 14.8 Å². The standard InChI is InChI=1S/C17H25N3/c1-3-14-6-4-7-16-15(12-19(2)17(14)16)13-20-10-5-8-18-9-11-20/h4,6-7,12,18H,3,5,8-11,13H2,1-2H3. The maximum absolute atomic E-state index is 3.48. The third-order valence-electron chi connectivity index (χ3n) is 4.38. The maximum Gasteiger partial charge on any atom is 0.0513 e. The van der Waals surface area contributed by atoms with Crippen molar-refractivity contribution in [2.24, 2.45) is 7.05 Å². The van der Waals surface area contributed by atoms with Gasteiger partial charge < -0.3 is 9.88 Å². The van der Waals surface area contributed by atoms with Crippen molar-refractivity contribution in [3.8, 4) is 0 Å². The number of aromatic nitrogens is 1. The Bertz CT molecular complexity index is 577. The zero-order valence-corrected chi connectivity index (χ0v) is 12.7. The first-order valence-corrected chi connectivity index (χ1v) is 7.78. The summed E-state index contributed by atoms with van der Waals surface area (Å²) in [4.78, 5) is 2.58. The highest BCUT2D eigenvalue weighted by Crippen LogP contribution is 2.25. The van der Waals surface area contributed by atoms with E-state index in [1.54, 1.807) is 0 Å². The summed E-state index contributed by atoms with van der Waals surface area (Å²) in [6.45, 7) is 7.95. The van der Waals surface area contributed by atoms with Crippen molar-refractivity contribution in [2.75, 3.05) is 26.2 Å². The highest BCUT2D eigenvalue weighted by atomic mass is 15.2. The predicted octanol–water partition coefficient (Wildman–Crippen LogP) is 2.54.